The fraction of sp³-hybridized carbons (Fsp3) is 0.562. The van der Waals surface area contributed by atoms with Gasteiger partial charge in [0.2, 0.25) is 0 Å². The molecule has 1 saturated heterocycles. The lowest BCUT2D eigenvalue weighted by Crippen LogP contribution is -2.50. The standard InChI is InChI=1S/C16H23N3O4/c1-16(2,3)23-15(21)19-7-8-22-13(10-19)12(20)9-11-5-4-6-18-14(11)17/h4-6,13H,7-10H2,1-3H3,(H2,17,18)/t13-/m0/s1. The second-order valence-corrected chi connectivity index (χ2v) is 6.48. The summed E-state index contributed by atoms with van der Waals surface area (Å²) in [5, 5.41) is 0. The third-order valence-electron chi connectivity index (χ3n) is 3.37. The Labute approximate surface area is 135 Å². The molecule has 0 saturated carbocycles. The Morgan fingerprint density at radius 2 is 2.22 bits per heavy atom. The molecule has 2 N–H and O–H groups in total. The van der Waals surface area contributed by atoms with Crippen molar-refractivity contribution in [1.82, 2.24) is 9.88 Å². The van der Waals surface area contributed by atoms with E-state index in [4.69, 9.17) is 15.2 Å². The number of amides is 1. The van der Waals surface area contributed by atoms with Gasteiger partial charge in [-0.2, -0.15) is 0 Å². The predicted molar refractivity (Wildman–Crippen MR) is 84.9 cm³/mol. The topological polar surface area (TPSA) is 94.7 Å². The summed E-state index contributed by atoms with van der Waals surface area (Å²) in [5.74, 6) is 0.207. The molecule has 0 aliphatic carbocycles. The van der Waals surface area contributed by atoms with Gasteiger partial charge in [0.15, 0.2) is 5.78 Å². The van der Waals surface area contributed by atoms with Crippen LogP contribution < -0.4 is 5.73 Å². The molecule has 1 aromatic rings. The van der Waals surface area contributed by atoms with E-state index in [2.05, 4.69) is 4.98 Å². The van der Waals surface area contributed by atoms with E-state index in [-0.39, 0.29) is 18.7 Å². The van der Waals surface area contributed by atoms with Crippen LogP contribution in [0.3, 0.4) is 0 Å². The fourth-order valence-corrected chi connectivity index (χ4v) is 2.24. The van der Waals surface area contributed by atoms with Crippen molar-refractivity contribution in [3.8, 4) is 0 Å². The van der Waals surface area contributed by atoms with Gasteiger partial charge in [0.05, 0.1) is 13.2 Å². The van der Waals surface area contributed by atoms with Crippen LogP contribution in [0.1, 0.15) is 26.3 Å². The molecule has 0 radical (unpaired) electrons. The maximum absolute atomic E-state index is 12.4. The number of carbonyl (C=O) groups is 2. The summed E-state index contributed by atoms with van der Waals surface area (Å²) in [4.78, 5) is 30.0. The molecule has 2 heterocycles. The Balaban J connectivity index is 1.96. The molecule has 0 unspecified atom stereocenters. The molecule has 1 amide bonds. The molecule has 0 aromatic carbocycles. The minimum absolute atomic E-state index is 0.127. The minimum Gasteiger partial charge on any atom is -0.444 e. The van der Waals surface area contributed by atoms with Crippen molar-refractivity contribution in [2.45, 2.75) is 38.9 Å². The van der Waals surface area contributed by atoms with E-state index in [1.165, 1.54) is 4.90 Å². The maximum atomic E-state index is 12.4. The molecule has 1 aliphatic rings. The highest BCUT2D eigenvalue weighted by molar-refractivity contribution is 5.87. The van der Waals surface area contributed by atoms with E-state index in [1.54, 1.807) is 39.1 Å². The van der Waals surface area contributed by atoms with E-state index in [0.717, 1.165) is 0 Å². The van der Waals surface area contributed by atoms with Gasteiger partial charge in [-0.05, 0) is 26.8 Å². The van der Waals surface area contributed by atoms with Gasteiger partial charge in [-0.15, -0.1) is 0 Å². The molecule has 1 aliphatic heterocycles. The molecule has 7 heteroatoms. The number of ether oxygens (including phenoxy) is 2. The summed E-state index contributed by atoms with van der Waals surface area (Å²) >= 11 is 0. The van der Waals surface area contributed by atoms with Gasteiger partial charge in [0.25, 0.3) is 0 Å². The largest absolute Gasteiger partial charge is 0.444 e. The van der Waals surface area contributed by atoms with Crippen molar-refractivity contribution < 1.29 is 19.1 Å². The van der Waals surface area contributed by atoms with E-state index in [9.17, 15) is 9.59 Å². The van der Waals surface area contributed by atoms with E-state index in [0.29, 0.717) is 24.5 Å². The normalized spacial score (nSPS) is 18.6. The van der Waals surface area contributed by atoms with Crippen molar-refractivity contribution >= 4 is 17.7 Å². The summed E-state index contributed by atoms with van der Waals surface area (Å²) in [6, 6.07) is 3.49. The number of nitrogens with two attached hydrogens (primary N) is 1. The third kappa shape index (κ3) is 4.92. The summed E-state index contributed by atoms with van der Waals surface area (Å²) in [5.41, 5.74) is 5.85. The van der Waals surface area contributed by atoms with Gasteiger partial charge in [0.1, 0.15) is 17.5 Å². The number of rotatable bonds is 3. The predicted octanol–water partition coefficient (Wildman–Crippen LogP) is 1.41. The van der Waals surface area contributed by atoms with Crippen molar-refractivity contribution in [3.05, 3.63) is 23.9 Å². The van der Waals surface area contributed by atoms with Crippen LogP contribution in [-0.2, 0) is 20.7 Å². The van der Waals surface area contributed by atoms with E-state index < -0.39 is 17.8 Å². The molecular weight excluding hydrogens is 298 g/mol. The lowest BCUT2D eigenvalue weighted by molar-refractivity contribution is -0.135. The van der Waals surface area contributed by atoms with Gasteiger partial charge >= 0.3 is 6.09 Å². The molecule has 2 rings (SSSR count). The smallest absolute Gasteiger partial charge is 0.410 e. The van der Waals surface area contributed by atoms with Gasteiger partial charge in [0, 0.05) is 24.7 Å². The average Bonchev–Trinajstić information content (AvgIpc) is 2.48. The van der Waals surface area contributed by atoms with Gasteiger partial charge in [-0.25, -0.2) is 9.78 Å². The molecule has 7 nitrogen and oxygen atoms in total. The van der Waals surface area contributed by atoms with E-state index >= 15 is 0 Å². The second kappa shape index (κ2) is 6.95. The monoisotopic (exact) mass is 321 g/mol. The van der Waals surface area contributed by atoms with Crippen LogP contribution in [0, 0.1) is 0 Å². The number of nitrogens with zero attached hydrogens (tertiary/aromatic N) is 2. The molecule has 1 fully saturated rings. The zero-order valence-corrected chi connectivity index (χ0v) is 13.7. The first-order valence-electron chi connectivity index (χ1n) is 7.58. The van der Waals surface area contributed by atoms with Gasteiger partial charge in [-0.1, -0.05) is 6.07 Å². The number of pyridine rings is 1. The summed E-state index contributed by atoms with van der Waals surface area (Å²) in [6.45, 7) is 6.32. The molecule has 1 atom stereocenters. The SMILES string of the molecule is CC(C)(C)OC(=O)N1CCO[C@H](C(=O)Cc2cccnc2N)C1. The molecule has 0 spiro atoms. The van der Waals surface area contributed by atoms with Crippen molar-refractivity contribution in [1.29, 1.82) is 0 Å². The zero-order valence-electron chi connectivity index (χ0n) is 13.7. The van der Waals surface area contributed by atoms with Crippen molar-refractivity contribution in [2.24, 2.45) is 0 Å². The number of ketones is 1. The number of nitrogen functional groups attached to an aromatic ring is 1. The highest BCUT2D eigenvalue weighted by atomic mass is 16.6. The quantitative estimate of drug-likeness (QED) is 0.904. The maximum Gasteiger partial charge on any atom is 0.410 e. The molecule has 0 bridgehead atoms. The van der Waals surface area contributed by atoms with Crippen LogP contribution >= 0.6 is 0 Å². The van der Waals surface area contributed by atoms with Gasteiger partial charge in [-0.3, -0.25) is 4.79 Å². The van der Waals surface area contributed by atoms with Crippen LogP contribution in [0.15, 0.2) is 18.3 Å². The fourth-order valence-electron chi connectivity index (χ4n) is 2.24. The van der Waals surface area contributed by atoms with E-state index in [1.807, 2.05) is 0 Å². The average molecular weight is 321 g/mol. The Bertz CT molecular complexity index is 583. The highest BCUT2D eigenvalue weighted by Gasteiger charge is 2.31. The lowest BCUT2D eigenvalue weighted by atomic mass is 10.0. The molecule has 126 valence electrons. The van der Waals surface area contributed by atoms with Crippen LogP contribution in [0.5, 0.6) is 0 Å². The number of morpholine rings is 1. The number of aromatic nitrogens is 1. The Hall–Kier alpha value is -2.15. The molecular formula is C16H23N3O4. The summed E-state index contributed by atoms with van der Waals surface area (Å²) in [6.07, 6.45) is 0.604. The number of hydrogen-bond acceptors (Lipinski definition) is 6. The van der Waals surface area contributed by atoms with Crippen LogP contribution in [0.4, 0.5) is 10.6 Å². The van der Waals surface area contributed by atoms with Crippen molar-refractivity contribution in [3.63, 3.8) is 0 Å². The van der Waals surface area contributed by atoms with Gasteiger partial charge < -0.3 is 20.1 Å². The zero-order chi connectivity index (χ0) is 17.0. The first-order valence-corrected chi connectivity index (χ1v) is 7.58. The number of Topliss-reactive ketones (excluding diaryl/α,β-unsaturated/α-hetero) is 1. The van der Waals surface area contributed by atoms with Crippen LogP contribution in [0.25, 0.3) is 0 Å². The Morgan fingerprint density at radius 1 is 1.48 bits per heavy atom. The summed E-state index contributed by atoms with van der Waals surface area (Å²) < 4.78 is 10.8. The third-order valence-corrected chi connectivity index (χ3v) is 3.37. The lowest BCUT2D eigenvalue weighted by Gasteiger charge is -2.33. The van der Waals surface area contributed by atoms with Crippen LogP contribution in [0.2, 0.25) is 0 Å². The summed E-state index contributed by atoms with van der Waals surface area (Å²) in [7, 11) is 0. The number of anilines is 1. The highest BCUT2D eigenvalue weighted by Crippen LogP contribution is 2.16. The number of hydrogen-bond donors (Lipinski definition) is 1. The molecule has 1 aromatic heterocycles. The van der Waals surface area contributed by atoms with Crippen LogP contribution in [-0.4, -0.2) is 53.2 Å². The second-order valence-electron chi connectivity index (χ2n) is 6.48. The molecule has 23 heavy (non-hydrogen) atoms. The van der Waals surface area contributed by atoms with Crippen molar-refractivity contribution in [2.75, 3.05) is 25.4 Å². The minimum atomic E-state index is -0.670. The Morgan fingerprint density at radius 3 is 2.87 bits per heavy atom. The first kappa shape index (κ1) is 17.2. The number of carbonyl (C=O) groups excluding carboxylic acids is 2. The Kier molecular flexibility index (Phi) is 5.20. The first-order chi connectivity index (χ1) is 10.8.